The standard InChI is InChI=1S/C9H11NO3/c10-8(9(12)13)5-6-1-3-7(11)4-2-6/h1-4,8,11H,5,10H2,(H,12,13)/t8-/m0/s1/i5+1,8+1. The van der Waals surface area contributed by atoms with Crippen molar-refractivity contribution in [2.75, 3.05) is 0 Å². The van der Waals surface area contributed by atoms with Crippen LogP contribution in [-0.4, -0.2) is 22.2 Å². The first-order valence-electron chi connectivity index (χ1n) is 3.86. The molecule has 0 unspecified atom stereocenters. The van der Waals surface area contributed by atoms with E-state index in [4.69, 9.17) is 15.9 Å². The second-order valence-electron chi connectivity index (χ2n) is 2.82. The summed E-state index contributed by atoms with van der Waals surface area (Å²) in [5.74, 6) is -0.860. The summed E-state index contributed by atoms with van der Waals surface area (Å²) in [5.41, 5.74) is 6.12. The summed E-state index contributed by atoms with van der Waals surface area (Å²) in [4.78, 5) is 10.4. The highest BCUT2D eigenvalue weighted by atomic mass is 16.4. The first-order valence-corrected chi connectivity index (χ1v) is 3.86. The second kappa shape index (κ2) is 3.91. The Hall–Kier alpha value is -1.55. The van der Waals surface area contributed by atoms with Gasteiger partial charge in [0, 0.05) is 0 Å². The van der Waals surface area contributed by atoms with Crippen molar-refractivity contribution in [2.45, 2.75) is 12.5 Å². The van der Waals surface area contributed by atoms with E-state index >= 15 is 0 Å². The number of nitrogens with two attached hydrogens (primary N) is 1. The van der Waals surface area contributed by atoms with Crippen LogP contribution in [-0.2, 0) is 11.2 Å². The van der Waals surface area contributed by atoms with E-state index < -0.39 is 12.0 Å². The minimum Gasteiger partial charge on any atom is -0.508 e. The molecular formula is C9H11NO3. The second-order valence-corrected chi connectivity index (χ2v) is 2.82. The third-order valence-electron chi connectivity index (χ3n) is 1.71. The lowest BCUT2D eigenvalue weighted by molar-refractivity contribution is -0.138. The summed E-state index contributed by atoms with van der Waals surface area (Å²) in [5, 5.41) is 17.5. The molecule has 1 aromatic rings. The Bertz CT molecular complexity index is 294. The zero-order valence-corrected chi connectivity index (χ0v) is 6.97. The molecule has 0 saturated heterocycles. The number of carbonyl (C=O) groups is 1. The molecule has 1 aromatic carbocycles. The van der Waals surface area contributed by atoms with E-state index in [0.717, 1.165) is 5.56 Å². The highest BCUT2D eigenvalue weighted by Gasteiger charge is 2.11. The zero-order valence-electron chi connectivity index (χ0n) is 6.97. The lowest BCUT2D eigenvalue weighted by atomic mass is 10.3. The number of rotatable bonds is 3. The maximum atomic E-state index is 10.4. The fraction of sp³-hybridized carbons (Fsp3) is 0.222. The molecule has 4 heteroatoms. The molecule has 0 aliphatic rings. The van der Waals surface area contributed by atoms with Crippen LogP contribution in [0.5, 0.6) is 5.75 Å². The summed E-state index contributed by atoms with van der Waals surface area (Å²) >= 11 is 0. The molecule has 0 saturated carbocycles. The largest absolute Gasteiger partial charge is 0.508 e. The first-order chi connectivity index (χ1) is 6.09. The maximum absolute atomic E-state index is 10.4. The Morgan fingerprint density at radius 2 is 1.92 bits per heavy atom. The minimum absolute atomic E-state index is 0.160. The van der Waals surface area contributed by atoms with Crippen LogP contribution >= 0.6 is 0 Å². The van der Waals surface area contributed by atoms with Crippen LogP contribution in [0.4, 0.5) is 0 Å². The van der Waals surface area contributed by atoms with E-state index in [1.807, 2.05) is 0 Å². The van der Waals surface area contributed by atoms with Crippen molar-refractivity contribution in [1.29, 1.82) is 0 Å². The normalized spacial score (nSPS) is 12.4. The van der Waals surface area contributed by atoms with Crippen LogP contribution in [0.15, 0.2) is 24.3 Å². The highest BCUT2D eigenvalue weighted by Crippen LogP contribution is 2.10. The van der Waals surface area contributed by atoms with E-state index in [1.54, 1.807) is 12.1 Å². The number of phenols is 1. The average Bonchev–Trinajstić information content (AvgIpc) is 2.08. The Balaban J connectivity index is 2.64. The lowest BCUT2D eigenvalue weighted by Gasteiger charge is -2.05. The van der Waals surface area contributed by atoms with Gasteiger partial charge >= 0.3 is 5.97 Å². The number of benzene rings is 1. The predicted octanol–water partition coefficient (Wildman–Crippen LogP) is 0.347. The number of aromatic hydroxyl groups is 1. The van der Waals surface area contributed by atoms with Gasteiger partial charge in [0.1, 0.15) is 11.8 Å². The molecule has 13 heavy (non-hydrogen) atoms. The number of carboxylic acid groups (broad SMARTS) is 1. The number of hydrogen-bond acceptors (Lipinski definition) is 3. The summed E-state index contributed by atoms with van der Waals surface area (Å²) in [6, 6.07) is 5.42. The van der Waals surface area contributed by atoms with Crippen LogP contribution in [0.3, 0.4) is 0 Å². The van der Waals surface area contributed by atoms with Gasteiger partial charge in [-0.25, -0.2) is 0 Å². The Morgan fingerprint density at radius 1 is 1.38 bits per heavy atom. The molecule has 0 aliphatic carbocycles. The summed E-state index contributed by atoms with van der Waals surface area (Å²) < 4.78 is 0. The molecule has 0 bridgehead atoms. The third-order valence-corrected chi connectivity index (χ3v) is 1.71. The van der Waals surface area contributed by atoms with Crippen molar-refractivity contribution in [3.8, 4) is 5.75 Å². The molecule has 0 radical (unpaired) electrons. The van der Waals surface area contributed by atoms with Gasteiger partial charge in [-0.3, -0.25) is 4.79 Å². The van der Waals surface area contributed by atoms with Gasteiger partial charge in [0.2, 0.25) is 0 Å². The van der Waals surface area contributed by atoms with Gasteiger partial charge in [0.05, 0.1) is 0 Å². The molecule has 1 rings (SSSR count). The molecular weight excluding hydrogens is 172 g/mol. The molecule has 0 fully saturated rings. The zero-order chi connectivity index (χ0) is 9.84. The van der Waals surface area contributed by atoms with Gasteiger partial charge in [0.25, 0.3) is 0 Å². The van der Waals surface area contributed by atoms with Crippen LogP contribution < -0.4 is 5.73 Å². The molecule has 0 amide bonds. The summed E-state index contributed by atoms with van der Waals surface area (Å²) in [6.45, 7) is 0. The van der Waals surface area contributed by atoms with Crippen LogP contribution in [0.1, 0.15) is 5.56 Å². The fourth-order valence-corrected chi connectivity index (χ4v) is 0.973. The van der Waals surface area contributed by atoms with Crippen LogP contribution in [0.2, 0.25) is 0 Å². The molecule has 0 aliphatic heterocycles. The van der Waals surface area contributed by atoms with Crippen molar-refractivity contribution in [3.63, 3.8) is 0 Å². The van der Waals surface area contributed by atoms with Gasteiger partial charge in [0.15, 0.2) is 0 Å². The van der Waals surface area contributed by atoms with Crippen molar-refractivity contribution >= 4 is 5.97 Å². The number of aliphatic carboxylic acids is 1. The molecule has 0 aromatic heterocycles. The molecule has 0 heterocycles. The van der Waals surface area contributed by atoms with E-state index in [1.165, 1.54) is 12.1 Å². The maximum Gasteiger partial charge on any atom is 0.320 e. The predicted molar refractivity (Wildman–Crippen MR) is 47.4 cm³/mol. The van der Waals surface area contributed by atoms with Crippen molar-refractivity contribution in [1.82, 2.24) is 0 Å². The molecule has 0 spiro atoms. The molecule has 70 valence electrons. The summed E-state index contributed by atoms with van der Waals surface area (Å²) in [6.07, 6.45) is 0.273. The average molecular weight is 183 g/mol. The van der Waals surface area contributed by atoms with E-state index in [-0.39, 0.29) is 12.2 Å². The fourth-order valence-electron chi connectivity index (χ4n) is 0.973. The van der Waals surface area contributed by atoms with Gasteiger partial charge in [-0.15, -0.1) is 0 Å². The smallest absolute Gasteiger partial charge is 0.320 e. The van der Waals surface area contributed by atoms with E-state index in [2.05, 4.69) is 0 Å². The van der Waals surface area contributed by atoms with Gasteiger partial charge in [-0.1, -0.05) is 12.1 Å². The highest BCUT2D eigenvalue weighted by molar-refractivity contribution is 5.73. The molecule has 4 nitrogen and oxygen atoms in total. The van der Waals surface area contributed by atoms with Gasteiger partial charge < -0.3 is 15.9 Å². The Morgan fingerprint density at radius 3 is 2.38 bits per heavy atom. The first kappa shape index (κ1) is 9.54. The van der Waals surface area contributed by atoms with Crippen molar-refractivity contribution < 1.29 is 15.0 Å². The number of carboxylic acids is 1. The third kappa shape index (κ3) is 2.76. The van der Waals surface area contributed by atoms with Crippen LogP contribution in [0, 0.1) is 0 Å². The van der Waals surface area contributed by atoms with E-state index in [0.29, 0.717) is 0 Å². The number of phenolic OH excluding ortho intramolecular Hbond substituents is 1. The van der Waals surface area contributed by atoms with Crippen molar-refractivity contribution in [3.05, 3.63) is 29.8 Å². The monoisotopic (exact) mass is 183 g/mol. The number of hydrogen-bond donors (Lipinski definition) is 3. The van der Waals surface area contributed by atoms with Gasteiger partial charge in [-0.05, 0) is 24.1 Å². The summed E-state index contributed by atoms with van der Waals surface area (Å²) in [7, 11) is 0. The topological polar surface area (TPSA) is 83.5 Å². The quantitative estimate of drug-likeness (QED) is 0.590. The Labute approximate surface area is 75.6 Å². The lowest BCUT2D eigenvalue weighted by Crippen LogP contribution is -2.32. The Kier molecular flexibility index (Phi) is 2.87. The molecule has 1 atom stereocenters. The van der Waals surface area contributed by atoms with Crippen molar-refractivity contribution in [2.24, 2.45) is 5.73 Å². The van der Waals surface area contributed by atoms with Crippen LogP contribution in [0.25, 0.3) is 0 Å². The van der Waals surface area contributed by atoms with E-state index in [9.17, 15) is 4.79 Å². The SMILES string of the molecule is N[13C@@H]([13CH2]c1ccc(O)cc1)C(=O)O. The minimum atomic E-state index is -1.02. The molecule has 4 N–H and O–H groups in total. The van der Waals surface area contributed by atoms with Gasteiger partial charge in [-0.2, -0.15) is 0 Å².